The Morgan fingerprint density at radius 1 is 1.20 bits per heavy atom. The number of hydrogen-bond donors (Lipinski definition) is 2. The lowest BCUT2D eigenvalue weighted by Crippen LogP contribution is -2.45. The fourth-order valence-electron chi connectivity index (χ4n) is 3.70. The first kappa shape index (κ1) is 19.6. The Hall–Kier alpha value is -3.68. The minimum atomic E-state index is -0.369. The summed E-state index contributed by atoms with van der Waals surface area (Å²) >= 11 is 0. The van der Waals surface area contributed by atoms with Crippen molar-refractivity contribution in [3.8, 4) is 0 Å². The SMILES string of the molecule is Cc1cc(C)n(CCC(=O)Nc2cccc(C3NC(=O)c4cccnc4N3C)c2)n1. The van der Waals surface area contributed by atoms with Gasteiger partial charge in [0.05, 0.1) is 11.3 Å². The van der Waals surface area contributed by atoms with E-state index in [1.165, 1.54) is 0 Å². The summed E-state index contributed by atoms with van der Waals surface area (Å²) in [5.74, 6) is 0.374. The number of pyridine rings is 1. The van der Waals surface area contributed by atoms with Gasteiger partial charge in [0.2, 0.25) is 5.91 Å². The highest BCUT2D eigenvalue weighted by Crippen LogP contribution is 2.30. The number of benzene rings is 1. The number of nitrogens with one attached hydrogen (secondary N) is 2. The smallest absolute Gasteiger partial charge is 0.256 e. The Kier molecular flexibility index (Phi) is 5.22. The molecule has 0 bridgehead atoms. The van der Waals surface area contributed by atoms with E-state index in [1.807, 2.05) is 60.8 Å². The van der Waals surface area contributed by atoms with Gasteiger partial charge < -0.3 is 15.5 Å². The van der Waals surface area contributed by atoms with Crippen LogP contribution in [0.4, 0.5) is 11.5 Å². The second kappa shape index (κ2) is 7.98. The molecule has 1 aliphatic heterocycles. The summed E-state index contributed by atoms with van der Waals surface area (Å²) in [5, 5.41) is 10.3. The molecule has 2 N–H and O–H groups in total. The van der Waals surface area contributed by atoms with Crippen LogP contribution in [-0.2, 0) is 11.3 Å². The first-order valence-electron chi connectivity index (χ1n) is 9.82. The van der Waals surface area contributed by atoms with Gasteiger partial charge in [-0.2, -0.15) is 5.10 Å². The predicted molar refractivity (Wildman–Crippen MR) is 114 cm³/mol. The first-order valence-corrected chi connectivity index (χ1v) is 9.82. The van der Waals surface area contributed by atoms with Gasteiger partial charge in [0.1, 0.15) is 12.0 Å². The lowest BCUT2D eigenvalue weighted by atomic mass is 10.1. The first-order chi connectivity index (χ1) is 14.4. The van der Waals surface area contributed by atoms with Crippen LogP contribution >= 0.6 is 0 Å². The van der Waals surface area contributed by atoms with Crippen molar-refractivity contribution in [2.75, 3.05) is 17.3 Å². The topological polar surface area (TPSA) is 92.2 Å². The quantitative estimate of drug-likeness (QED) is 0.682. The van der Waals surface area contributed by atoms with Gasteiger partial charge in [-0.05, 0) is 49.7 Å². The molecule has 154 valence electrons. The zero-order chi connectivity index (χ0) is 21.3. The number of carbonyl (C=O) groups excluding carboxylic acids is 2. The van der Waals surface area contributed by atoms with E-state index in [1.54, 1.807) is 18.3 Å². The van der Waals surface area contributed by atoms with Gasteiger partial charge in [0, 0.05) is 37.6 Å². The maximum absolute atomic E-state index is 12.5. The van der Waals surface area contributed by atoms with Crippen molar-refractivity contribution in [1.82, 2.24) is 20.1 Å². The molecule has 0 radical (unpaired) electrons. The van der Waals surface area contributed by atoms with Crippen molar-refractivity contribution in [3.63, 3.8) is 0 Å². The number of anilines is 2. The van der Waals surface area contributed by atoms with Crippen molar-refractivity contribution in [2.45, 2.75) is 33.0 Å². The van der Waals surface area contributed by atoms with Crippen molar-refractivity contribution in [2.24, 2.45) is 0 Å². The maximum Gasteiger partial charge on any atom is 0.256 e. The largest absolute Gasteiger partial charge is 0.335 e. The number of amides is 2. The highest BCUT2D eigenvalue weighted by Gasteiger charge is 2.30. The summed E-state index contributed by atoms with van der Waals surface area (Å²) < 4.78 is 1.84. The summed E-state index contributed by atoms with van der Waals surface area (Å²) in [5.41, 5.74) is 4.06. The summed E-state index contributed by atoms with van der Waals surface area (Å²) in [6.07, 6.45) is 1.63. The summed E-state index contributed by atoms with van der Waals surface area (Å²) in [6, 6.07) is 13.0. The second-order valence-electron chi connectivity index (χ2n) is 7.44. The molecule has 0 saturated heterocycles. The summed E-state index contributed by atoms with van der Waals surface area (Å²) in [6.45, 7) is 4.43. The van der Waals surface area contributed by atoms with Gasteiger partial charge in [0.25, 0.3) is 5.91 Å². The van der Waals surface area contributed by atoms with E-state index in [0.29, 0.717) is 30.0 Å². The fourth-order valence-corrected chi connectivity index (χ4v) is 3.70. The van der Waals surface area contributed by atoms with E-state index in [2.05, 4.69) is 20.7 Å². The van der Waals surface area contributed by atoms with E-state index >= 15 is 0 Å². The Bertz CT molecular complexity index is 1110. The minimum Gasteiger partial charge on any atom is -0.335 e. The van der Waals surface area contributed by atoms with Crippen LogP contribution in [0, 0.1) is 13.8 Å². The highest BCUT2D eigenvalue weighted by molar-refractivity contribution is 6.01. The van der Waals surface area contributed by atoms with Crippen LogP contribution in [0.25, 0.3) is 0 Å². The van der Waals surface area contributed by atoms with E-state index in [9.17, 15) is 9.59 Å². The van der Waals surface area contributed by atoms with Gasteiger partial charge in [-0.25, -0.2) is 4.98 Å². The van der Waals surface area contributed by atoms with E-state index in [4.69, 9.17) is 0 Å². The zero-order valence-corrected chi connectivity index (χ0v) is 17.2. The molecule has 1 unspecified atom stereocenters. The van der Waals surface area contributed by atoms with Crippen molar-refractivity contribution in [1.29, 1.82) is 0 Å². The molecule has 2 aromatic heterocycles. The summed E-state index contributed by atoms with van der Waals surface area (Å²) in [7, 11) is 1.88. The molecule has 1 aromatic carbocycles. The van der Waals surface area contributed by atoms with Crippen LogP contribution < -0.4 is 15.5 Å². The minimum absolute atomic E-state index is 0.0900. The lowest BCUT2D eigenvalue weighted by Gasteiger charge is -2.35. The molecule has 3 heterocycles. The monoisotopic (exact) mass is 404 g/mol. The van der Waals surface area contributed by atoms with Crippen LogP contribution in [0.2, 0.25) is 0 Å². The molecule has 0 spiro atoms. The predicted octanol–water partition coefficient (Wildman–Crippen LogP) is 2.80. The summed E-state index contributed by atoms with van der Waals surface area (Å²) in [4.78, 5) is 31.2. The second-order valence-corrected chi connectivity index (χ2v) is 7.44. The molecule has 0 fully saturated rings. The third kappa shape index (κ3) is 3.89. The molecule has 1 aliphatic rings. The van der Waals surface area contributed by atoms with E-state index in [0.717, 1.165) is 17.0 Å². The fraction of sp³-hybridized carbons (Fsp3) is 0.273. The zero-order valence-electron chi connectivity index (χ0n) is 17.2. The Balaban J connectivity index is 1.46. The molecule has 3 aromatic rings. The molecule has 0 saturated carbocycles. The van der Waals surface area contributed by atoms with E-state index < -0.39 is 0 Å². The van der Waals surface area contributed by atoms with Crippen LogP contribution in [0.5, 0.6) is 0 Å². The van der Waals surface area contributed by atoms with Gasteiger partial charge in [-0.1, -0.05) is 12.1 Å². The molecule has 2 amide bonds. The number of aromatic nitrogens is 3. The molecular weight excluding hydrogens is 380 g/mol. The number of fused-ring (bicyclic) bond motifs is 1. The maximum atomic E-state index is 12.5. The van der Waals surface area contributed by atoms with Crippen LogP contribution in [0.15, 0.2) is 48.7 Å². The van der Waals surface area contributed by atoms with Crippen LogP contribution in [0.1, 0.15) is 39.9 Å². The lowest BCUT2D eigenvalue weighted by molar-refractivity contribution is -0.116. The van der Waals surface area contributed by atoms with Gasteiger partial charge in [-0.15, -0.1) is 0 Å². The van der Waals surface area contributed by atoms with Crippen LogP contribution in [0.3, 0.4) is 0 Å². The number of hydrogen-bond acceptors (Lipinski definition) is 5. The third-order valence-electron chi connectivity index (χ3n) is 5.16. The number of carbonyl (C=O) groups is 2. The van der Waals surface area contributed by atoms with Crippen molar-refractivity contribution >= 4 is 23.3 Å². The molecule has 30 heavy (non-hydrogen) atoms. The molecule has 1 atom stereocenters. The molecule has 0 aliphatic carbocycles. The third-order valence-corrected chi connectivity index (χ3v) is 5.16. The number of aryl methyl sites for hydroxylation is 3. The number of rotatable bonds is 5. The van der Waals surface area contributed by atoms with E-state index in [-0.39, 0.29) is 18.0 Å². The van der Waals surface area contributed by atoms with Crippen molar-refractivity contribution in [3.05, 3.63) is 71.2 Å². The number of nitrogens with zero attached hydrogens (tertiary/aromatic N) is 4. The van der Waals surface area contributed by atoms with Crippen molar-refractivity contribution < 1.29 is 9.59 Å². The van der Waals surface area contributed by atoms with Gasteiger partial charge in [-0.3, -0.25) is 14.3 Å². The highest BCUT2D eigenvalue weighted by atomic mass is 16.2. The average molecular weight is 404 g/mol. The molecule has 8 heteroatoms. The van der Waals surface area contributed by atoms with Gasteiger partial charge in [0.15, 0.2) is 0 Å². The molecule has 4 rings (SSSR count). The standard InChI is InChI=1S/C22H24N6O2/c1-14-12-15(2)28(26-14)11-9-19(29)24-17-7-4-6-16(13-17)20-25-22(30)18-8-5-10-23-21(18)27(20)3/h4-8,10,12-13,20H,9,11H2,1-3H3,(H,24,29)(H,25,30). The Morgan fingerprint density at radius 3 is 2.80 bits per heavy atom. The molecular formula is C22H24N6O2. The average Bonchev–Trinajstić information content (AvgIpc) is 3.06. The normalized spacial score (nSPS) is 15.5. The van der Waals surface area contributed by atoms with Gasteiger partial charge >= 0.3 is 0 Å². The van der Waals surface area contributed by atoms with Crippen LogP contribution in [-0.4, -0.2) is 33.6 Å². The Labute approximate surface area is 174 Å². The Morgan fingerprint density at radius 2 is 2.03 bits per heavy atom. The molecule has 8 nitrogen and oxygen atoms in total.